The van der Waals surface area contributed by atoms with Crippen LogP contribution in [-0.4, -0.2) is 6.61 Å². The van der Waals surface area contributed by atoms with E-state index in [0.29, 0.717) is 6.61 Å². The number of halogens is 1. The predicted molar refractivity (Wildman–Crippen MR) is 39.8 cm³/mol. The zero-order valence-electron chi connectivity index (χ0n) is 6.14. The summed E-state index contributed by atoms with van der Waals surface area (Å²) in [6.45, 7) is 1.33. The highest BCUT2D eigenvalue weighted by atomic mass is 19.1. The molecule has 0 radical (unpaired) electrons. The van der Waals surface area contributed by atoms with E-state index in [-0.39, 0.29) is 5.82 Å². The topological polar surface area (TPSA) is 9.23 Å². The van der Waals surface area contributed by atoms with Crippen LogP contribution in [0.25, 0.3) is 0 Å². The summed E-state index contributed by atoms with van der Waals surface area (Å²) in [7, 11) is 0. The van der Waals surface area contributed by atoms with E-state index in [1.807, 2.05) is 6.07 Å². The lowest BCUT2D eigenvalue weighted by molar-refractivity contribution is 0.110. The molecule has 0 saturated carbocycles. The molecule has 0 aliphatic carbocycles. The minimum Gasteiger partial charge on any atom is -0.376 e. The second-order valence-corrected chi connectivity index (χ2v) is 2.72. The average Bonchev–Trinajstić information content (AvgIpc) is 2.04. The summed E-state index contributed by atoms with van der Waals surface area (Å²) in [5, 5.41) is 0. The van der Waals surface area contributed by atoms with Gasteiger partial charge in [0.05, 0.1) is 13.2 Å². The van der Waals surface area contributed by atoms with Crippen molar-refractivity contribution in [3.63, 3.8) is 0 Å². The van der Waals surface area contributed by atoms with Gasteiger partial charge in [-0.05, 0) is 29.7 Å². The van der Waals surface area contributed by atoms with E-state index in [1.165, 1.54) is 11.6 Å². The zero-order valence-corrected chi connectivity index (χ0v) is 6.14. The highest BCUT2D eigenvalue weighted by molar-refractivity contribution is 5.28. The first-order valence-corrected chi connectivity index (χ1v) is 3.71. The molecule has 0 atom stereocenters. The van der Waals surface area contributed by atoms with Crippen LogP contribution in [0.1, 0.15) is 11.1 Å². The summed E-state index contributed by atoms with van der Waals surface area (Å²) in [6.07, 6.45) is 0.912. The number of ether oxygens (including phenoxy) is 1. The zero-order chi connectivity index (χ0) is 7.68. The smallest absolute Gasteiger partial charge is 0.123 e. The molecule has 0 spiro atoms. The lowest BCUT2D eigenvalue weighted by Crippen LogP contribution is -2.09. The standard InChI is InChI=1S/C9H9FO/c10-9-2-1-7-3-4-11-6-8(7)5-9/h1-2,5H,3-4,6H2. The van der Waals surface area contributed by atoms with Gasteiger partial charge in [0.1, 0.15) is 5.82 Å². The molecule has 2 heteroatoms. The number of hydrogen-bond donors (Lipinski definition) is 0. The fraction of sp³-hybridized carbons (Fsp3) is 0.333. The van der Waals surface area contributed by atoms with E-state index in [4.69, 9.17) is 4.74 Å². The van der Waals surface area contributed by atoms with Crippen LogP contribution in [-0.2, 0) is 17.8 Å². The van der Waals surface area contributed by atoms with Gasteiger partial charge in [-0.3, -0.25) is 0 Å². The van der Waals surface area contributed by atoms with Crippen LogP contribution in [0.2, 0.25) is 0 Å². The molecule has 1 aliphatic rings. The molecule has 0 fully saturated rings. The molecule has 2 rings (SSSR count). The van der Waals surface area contributed by atoms with Crippen molar-refractivity contribution < 1.29 is 9.13 Å². The molecular formula is C9H9FO. The van der Waals surface area contributed by atoms with Crippen molar-refractivity contribution >= 4 is 0 Å². The maximum absolute atomic E-state index is 12.6. The number of rotatable bonds is 0. The third-order valence-electron chi connectivity index (χ3n) is 1.94. The molecule has 0 bridgehead atoms. The van der Waals surface area contributed by atoms with Crippen molar-refractivity contribution in [1.82, 2.24) is 0 Å². The first-order valence-electron chi connectivity index (χ1n) is 3.71. The SMILES string of the molecule is Fc1ccc2c(c1)COCC2. The summed E-state index contributed by atoms with van der Waals surface area (Å²) < 4.78 is 17.8. The Kier molecular flexibility index (Phi) is 1.62. The molecule has 1 aliphatic heterocycles. The maximum Gasteiger partial charge on any atom is 0.123 e. The van der Waals surface area contributed by atoms with E-state index in [0.717, 1.165) is 18.6 Å². The maximum atomic E-state index is 12.6. The van der Waals surface area contributed by atoms with Crippen molar-refractivity contribution in [3.8, 4) is 0 Å². The quantitative estimate of drug-likeness (QED) is 0.551. The number of fused-ring (bicyclic) bond motifs is 1. The summed E-state index contributed by atoms with van der Waals surface area (Å²) in [5.41, 5.74) is 2.22. The second kappa shape index (κ2) is 2.62. The Balaban J connectivity index is 2.43. The number of hydrogen-bond acceptors (Lipinski definition) is 1. The Morgan fingerprint density at radius 2 is 2.18 bits per heavy atom. The Morgan fingerprint density at radius 3 is 3.09 bits per heavy atom. The molecular weight excluding hydrogens is 143 g/mol. The van der Waals surface area contributed by atoms with Gasteiger partial charge in [0.2, 0.25) is 0 Å². The molecule has 1 nitrogen and oxygen atoms in total. The van der Waals surface area contributed by atoms with Crippen LogP contribution < -0.4 is 0 Å². The van der Waals surface area contributed by atoms with Crippen molar-refractivity contribution in [2.45, 2.75) is 13.0 Å². The number of benzene rings is 1. The molecule has 58 valence electrons. The van der Waals surface area contributed by atoms with E-state index in [1.54, 1.807) is 6.07 Å². The Morgan fingerprint density at radius 1 is 1.27 bits per heavy atom. The minimum absolute atomic E-state index is 0.172. The van der Waals surface area contributed by atoms with Crippen molar-refractivity contribution in [3.05, 3.63) is 35.1 Å². The lowest BCUT2D eigenvalue weighted by Gasteiger charge is -2.15. The molecule has 1 aromatic carbocycles. The van der Waals surface area contributed by atoms with Gasteiger partial charge < -0.3 is 4.74 Å². The Labute approximate surface area is 64.8 Å². The van der Waals surface area contributed by atoms with E-state index < -0.39 is 0 Å². The van der Waals surface area contributed by atoms with E-state index in [9.17, 15) is 4.39 Å². The first kappa shape index (κ1) is 6.80. The second-order valence-electron chi connectivity index (χ2n) is 2.72. The fourth-order valence-corrected chi connectivity index (χ4v) is 1.34. The molecule has 0 amide bonds. The third kappa shape index (κ3) is 1.26. The molecule has 0 N–H and O–H groups in total. The highest BCUT2D eigenvalue weighted by Crippen LogP contribution is 2.17. The van der Waals surface area contributed by atoms with Crippen molar-refractivity contribution in [2.75, 3.05) is 6.61 Å². The normalized spacial score (nSPS) is 16.1. The predicted octanol–water partition coefficient (Wildman–Crippen LogP) is 1.90. The monoisotopic (exact) mass is 152 g/mol. The van der Waals surface area contributed by atoms with Gasteiger partial charge in [-0.1, -0.05) is 6.07 Å². The lowest BCUT2D eigenvalue weighted by atomic mass is 10.0. The van der Waals surface area contributed by atoms with Gasteiger partial charge in [-0.2, -0.15) is 0 Å². The molecule has 1 aromatic rings. The average molecular weight is 152 g/mol. The van der Waals surface area contributed by atoms with Crippen molar-refractivity contribution in [2.24, 2.45) is 0 Å². The summed E-state index contributed by atoms with van der Waals surface area (Å²) in [4.78, 5) is 0. The van der Waals surface area contributed by atoms with Crippen LogP contribution in [0.3, 0.4) is 0 Å². The van der Waals surface area contributed by atoms with Crippen LogP contribution in [0.4, 0.5) is 4.39 Å². The summed E-state index contributed by atoms with van der Waals surface area (Å²) >= 11 is 0. The summed E-state index contributed by atoms with van der Waals surface area (Å²) in [5.74, 6) is -0.172. The van der Waals surface area contributed by atoms with Gasteiger partial charge in [0, 0.05) is 0 Å². The molecule has 11 heavy (non-hydrogen) atoms. The first-order chi connectivity index (χ1) is 5.36. The van der Waals surface area contributed by atoms with Gasteiger partial charge in [0.15, 0.2) is 0 Å². The van der Waals surface area contributed by atoms with Gasteiger partial charge in [-0.15, -0.1) is 0 Å². The van der Waals surface area contributed by atoms with Crippen LogP contribution in [0.5, 0.6) is 0 Å². The highest BCUT2D eigenvalue weighted by Gasteiger charge is 2.08. The molecule has 0 saturated heterocycles. The molecule has 0 aromatic heterocycles. The van der Waals surface area contributed by atoms with Gasteiger partial charge >= 0.3 is 0 Å². The molecule has 1 heterocycles. The van der Waals surface area contributed by atoms with Crippen LogP contribution in [0.15, 0.2) is 18.2 Å². The van der Waals surface area contributed by atoms with Gasteiger partial charge in [0.25, 0.3) is 0 Å². The Bertz CT molecular complexity index is 270. The summed E-state index contributed by atoms with van der Waals surface area (Å²) in [6, 6.07) is 4.89. The molecule has 0 unspecified atom stereocenters. The van der Waals surface area contributed by atoms with Crippen LogP contribution in [0, 0.1) is 5.82 Å². The van der Waals surface area contributed by atoms with Gasteiger partial charge in [-0.25, -0.2) is 4.39 Å². The Hall–Kier alpha value is -0.890. The van der Waals surface area contributed by atoms with E-state index >= 15 is 0 Å². The minimum atomic E-state index is -0.172. The van der Waals surface area contributed by atoms with Crippen LogP contribution >= 0.6 is 0 Å². The fourth-order valence-electron chi connectivity index (χ4n) is 1.34. The largest absolute Gasteiger partial charge is 0.376 e. The van der Waals surface area contributed by atoms with E-state index in [2.05, 4.69) is 0 Å². The third-order valence-corrected chi connectivity index (χ3v) is 1.94. The van der Waals surface area contributed by atoms with Crippen molar-refractivity contribution in [1.29, 1.82) is 0 Å².